The van der Waals surface area contributed by atoms with E-state index in [1.54, 1.807) is 7.11 Å². The molecule has 0 spiro atoms. The first-order chi connectivity index (χ1) is 8.17. The van der Waals surface area contributed by atoms with Crippen molar-refractivity contribution in [3.63, 3.8) is 0 Å². The molecule has 0 radical (unpaired) electrons. The average Bonchev–Trinajstić information content (AvgIpc) is 2.74. The van der Waals surface area contributed by atoms with Gasteiger partial charge in [-0.25, -0.2) is 0 Å². The lowest BCUT2D eigenvalue weighted by atomic mass is 10.3. The molecule has 1 N–H and O–H groups in total. The van der Waals surface area contributed by atoms with Gasteiger partial charge < -0.3 is 14.6 Å². The second kappa shape index (κ2) is 7.42. The maximum Gasteiger partial charge on any atom is 0.151 e. The molecule has 0 amide bonds. The zero-order chi connectivity index (χ0) is 12.7. The topological polar surface area (TPSA) is 50.5 Å². The molecule has 0 aromatic carbocycles. The van der Waals surface area contributed by atoms with Gasteiger partial charge >= 0.3 is 0 Å². The fourth-order valence-electron chi connectivity index (χ4n) is 1.54. The third-order valence-electron chi connectivity index (χ3n) is 2.73. The first-order valence-electron chi connectivity index (χ1n) is 6.01. The molecule has 0 aliphatic heterocycles. The molecule has 0 saturated heterocycles. The van der Waals surface area contributed by atoms with Gasteiger partial charge in [0.25, 0.3) is 0 Å². The molecule has 1 aromatic rings. The van der Waals surface area contributed by atoms with E-state index in [2.05, 4.69) is 36.3 Å². The summed E-state index contributed by atoms with van der Waals surface area (Å²) in [6.45, 7) is 7.36. The number of likely N-dealkylation sites (N-methyl/N-ethyl adjacent to an activating group) is 1. The van der Waals surface area contributed by atoms with Crippen LogP contribution in [-0.4, -0.2) is 43.4 Å². The number of nitrogens with one attached hydrogen (secondary N) is 1. The number of ether oxygens (including phenoxy) is 1. The molecule has 0 aliphatic carbocycles. The maximum atomic E-state index is 5.29. The van der Waals surface area contributed by atoms with E-state index in [0.717, 1.165) is 37.7 Å². The smallest absolute Gasteiger partial charge is 0.151 e. The monoisotopic (exact) mass is 241 g/mol. The van der Waals surface area contributed by atoms with Crippen molar-refractivity contribution in [2.45, 2.75) is 33.0 Å². The lowest BCUT2D eigenvalue weighted by Gasteiger charge is -2.22. The summed E-state index contributed by atoms with van der Waals surface area (Å²) in [6, 6.07) is 2.36. The molecular weight excluding hydrogens is 218 g/mol. The summed E-state index contributed by atoms with van der Waals surface area (Å²) < 4.78 is 10.4. The van der Waals surface area contributed by atoms with E-state index in [1.807, 2.05) is 6.07 Å². The molecule has 0 fully saturated rings. The molecule has 1 heterocycles. The van der Waals surface area contributed by atoms with Crippen LogP contribution < -0.4 is 5.32 Å². The predicted octanol–water partition coefficient (Wildman–Crippen LogP) is 1.25. The van der Waals surface area contributed by atoms with Gasteiger partial charge in [0.1, 0.15) is 0 Å². The lowest BCUT2D eigenvalue weighted by Crippen LogP contribution is -2.32. The summed E-state index contributed by atoms with van der Waals surface area (Å²) in [7, 11) is 3.77. The fourth-order valence-corrected chi connectivity index (χ4v) is 1.54. The zero-order valence-corrected chi connectivity index (χ0v) is 11.2. The van der Waals surface area contributed by atoms with Crippen LogP contribution in [0.5, 0.6) is 0 Å². The summed E-state index contributed by atoms with van der Waals surface area (Å²) in [5.41, 5.74) is 0.953. The zero-order valence-electron chi connectivity index (χ0n) is 11.2. The second-order valence-corrected chi connectivity index (χ2v) is 4.28. The molecular formula is C12H23N3O2. The number of aromatic nitrogens is 1. The summed E-state index contributed by atoms with van der Waals surface area (Å²) >= 11 is 0. The van der Waals surface area contributed by atoms with E-state index in [4.69, 9.17) is 9.26 Å². The van der Waals surface area contributed by atoms with Crippen LogP contribution in [0, 0.1) is 0 Å². The molecule has 1 aromatic heterocycles. The van der Waals surface area contributed by atoms with Crippen molar-refractivity contribution in [2.24, 2.45) is 0 Å². The predicted molar refractivity (Wildman–Crippen MR) is 66.7 cm³/mol. The minimum absolute atomic E-state index is 0.363. The molecule has 5 heteroatoms. The van der Waals surface area contributed by atoms with Crippen molar-refractivity contribution in [1.29, 1.82) is 0 Å². The Labute approximate surface area is 103 Å². The van der Waals surface area contributed by atoms with Gasteiger partial charge in [0.05, 0.1) is 18.8 Å². The van der Waals surface area contributed by atoms with Crippen LogP contribution in [0.1, 0.15) is 25.3 Å². The van der Waals surface area contributed by atoms with Gasteiger partial charge in [0.2, 0.25) is 0 Å². The standard InChI is InChI=1S/C12H23N3O2/c1-5-13-7-11-6-12(17-14-11)8-15(3)10(2)9-16-4/h6,10,13H,5,7-9H2,1-4H3. The van der Waals surface area contributed by atoms with Crippen LogP contribution >= 0.6 is 0 Å². The molecule has 0 saturated carbocycles. The molecule has 0 bridgehead atoms. The molecule has 5 nitrogen and oxygen atoms in total. The number of hydrogen-bond donors (Lipinski definition) is 1. The van der Waals surface area contributed by atoms with Crippen molar-refractivity contribution in [3.8, 4) is 0 Å². The van der Waals surface area contributed by atoms with Crippen molar-refractivity contribution < 1.29 is 9.26 Å². The summed E-state index contributed by atoms with van der Waals surface area (Å²) in [5.74, 6) is 0.892. The highest BCUT2D eigenvalue weighted by Crippen LogP contribution is 2.08. The Morgan fingerprint density at radius 2 is 2.35 bits per heavy atom. The van der Waals surface area contributed by atoms with Crippen LogP contribution in [0.2, 0.25) is 0 Å². The maximum absolute atomic E-state index is 5.29. The highest BCUT2D eigenvalue weighted by molar-refractivity contribution is 5.05. The van der Waals surface area contributed by atoms with E-state index < -0.39 is 0 Å². The number of rotatable bonds is 8. The molecule has 98 valence electrons. The van der Waals surface area contributed by atoms with Crippen LogP contribution in [0.4, 0.5) is 0 Å². The van der Waals surface area contributed by atoms with E-state index >= 15 is 0 Å². The van der Waals surface area contributed by atoms with Gasteiger partial charge in [-0.15, -0.1) is 0 Å². The van der Waals surface area contributed by atoms with Gasteiger partial charge in [-0.3, -0.25) is 4.90 Å². The Bertz CT molecular complexity index is 314. The quantitative estimate of drug-likeness (QED) is 0.742. The van der Waals surface area contributed by atoms with Crippen molar-refractivity contribution in [3.05, 3.63) is 17.5 Å². The van der Waals surface area contributed by atoms with E-state index in [0.29, 0.717) is 6.04 Å². The largest absolute Gasteiger partial charge is 0.383 e. The van der Waals surface area contributed by atoms with Crippen LogP contribution in [0.15, 0.2) is 10.6 Å². The summed E-state index contributed by atoms with van der Waals surface area (Å²) in [6.07, 6.45) is 0. The van der Waals surface area contributed by atoms with Gasteiger partial charge in [-0.05, 0) is 20.5 Å². The third-order valence-corrected chi connectivity index (χ3v) is 2.73. The Morgan fingerprint density at radius 3 is 3.00 bits per heavy atom. The minimum Gasteiger partial charge on any atom is -0.383 e. The average molecular weight is 241 g/mol. The Morgan fingerprint density at radius 1 is 1.59 bits per heavy atom. The van der Waals surface area contributed by atoms with E-state index in [9.17, 15) is 0 Å². The summed E-state index contributed by atoms with van der Waals surface area (Å²) in [4.78, 5) is 2.18. The van der Waals surface area contributed by atoms with Crippen LogP contribution in [-0.2, 0) is 17.8 Å². The van der Waals surface area contributed by atoms with E-state index in [-0.39, 0.29) is 0 Å². The highest BCUT2D eigenvalue weighted by atomic mass is 16.5. The third kappa shape index (κ3) is 4.85. The van der Waals surface area contributed by atoms with Crippen LogP contribution in [0.25, 0.3) is 0 Å². The minimum atomic E-state index is 0.363. The molecule has 1 rings (SSSR count). The summed E-state index contributed by atoms with van der Waals surface area (Å²) in [5, 5.41) is 7.23. The van der Waals surface area contributed by atoms with E-state index in [1.165, 1.54) is 0 Å². The van der Waals surface area contributed by atoms with Crippen molar-refractivity contribution in [1.82, 2.24) is 15.4 Å². The number of methoxy groups -OCH3 is 1. The fraction of sp³-hybridized carbons (Fsp3) is 0.750. The lowest BCUT2D eigenvalue weighted by molar-refractivity contribution is 0.106. The Balaban J connectivity index is 2.42. The van der Waals surface area contributed by atoms with Gasteiger partial charge in [-0.1, -0.05) is 12.1 Å². The van der Waals surface area contributed by atoms with Gasteiger partial charge in [-0.2, -0.15) is 0 Å². The highest BCUT2D eigenvalue weighted by Gasteiger charge is 2.12. The number of hydrogen-bond acceptors (Lipinski definition) is 5. The molecule has 0 aliphatic rings. The van der Waals surface area contributed by atoms with Crippen molar-refractivity contribution >= 4 is 0 Å². The first-order valence-corrected chi connectivity index (χ1v) is 6.01. The first kappa shape index (κ1) is 14.2. The van der Waals surface area contributed by atoms with Gasteiger partial charge in [0, 0.05) is 25.8 Å². The number of nitrogens with zero attached hydrogens (tertiary/aromatic N) is 2. The molecule has 1 atom stereocenters. The molecule has 17 heavy (non-hydrogen) atoms. The SMILES string of the molecule is CCNCc1cc(CN(C)C(C)COC)on1. The van der Waals surface area contributed by atoms with Crippen molar-refractivity contribution in [2.75, 3.05) is 27.3 Å². The Hall–Kier alpha value is -0.910. The second-order valence-electron chi connectivity index (χ2n) is 4.28. The Kier molecular flexibility index (Phi) is 6.18. The van der Waals surface area contributed by atoms with Crippen LogP contribution in [0.3, 0.4) is 0 Å². The normalized spacial score (nSPS) is 13.2. The molecule has 1 unspecified atom stereocenters. The van der Waals surface area contributed by atoms with Gasteiger partial charge in [0.15, 0.2) is 5.76 Å².